The number of nitrogens with two attached hydrogens (primary N) is 1. The van der Waals surface area contributed by atoms with E-state index >= 15 is 0 Å². The molecule has 1 aliphatic heterocycles. The summed E-state index contributed by atoms with van der Waals surface area (Å²) in [7, 11) is 3.16. The van der Waals surface area contributed by atoms with E-state index in [4.69, 9.17) is 19.9 Å². The van der Waals surface area contributed by atoms with Crippen LogP contribution in [-0.4, -0.2) is 43.4 Å². The fraction of sp³-hybridized carbons (Fsp3) is 0.333. The van der Waals surface area contributed by atoms with Crippen molar-refractivity contribution in [2.75, 3.05) is 37.9 Å². The van der Waals surface area contributed by atoms with Gasteiger partial charge < -0.3 is 24.8 Å². The lowest BCUT2D eigenvalue weighted by Gasteiger charge is -2.32. The molecular formula is C21H23FN4O3. The van der Waals surface area contributed by atoms with Gasteiger partial charge in [0.25, 0.3) is 0 Å². The van der Waals surface area contributed by atoms with E-state index in [2.05, 4.69) is 14.9 Å². The Morgan fingerprint density at radius 3 is 2.31 bits per heavy atom. The molecule has 0 unspecified atom stereocenters. The van der Waals surface area contributed by atoms with Crippen LogP contribution in [0.3, 0.4) is 0 Å². The molecule has 152 valence electrons. The highest BCUT2D eigenvalue weighted by atomic mass is 19.1. The number of piperidine rings is 1. The summed E-state index contributed by atoms with van der Waals surface area (Å²) in [6.45, 7) is 1.48. The van der Waals surface area contributed by atoms with E-state index in [-0.39, 0.29) is 11.9 Å². The van der Waals surface area contributed by atoms with Crippen LogP contribution >= 0.6 is 0 Å². The van der Waals surface area contributed by atoms with Crippen LogP contribution in [0.15, 0.2) is 36.4 Å². The standard InChI is InChI=1S/C21H23FN4O3/c1-27-18-11-16-17(12-19(18)28-2)24-21(25-20(16)23)26-9-7-15(8-10-26)29-14-5-3-13(22)4-6-14/h3-6,11-12,15H,7-10H2,1-2H3,(H2,23,24,25). The maximum Gasteiger partial charge on any atom is 0.227 e. The highest BCUT2D eigenvalue weighted by Gasteiger charge is 2.23. The maximum absolute atomic E-state index is 13.0. The van der Waals surface area contributed by atoms with Crippen LogP contribution in [0.2, 0.25) is 0 Å². The molecule has 0 radical (unpaired) electrons. The number of methoxy groups -OCH3 is 2. The molecule has 8 heteroatoms. The zero-order valence-electron chi connectivity index (χ0n) is 16.4. The first-order chi connectivity index (χ1) is 14.1. The van der Waals surface area contributed by atoms with Gasteiger partial charge in [0, 0.05) is 37.4 Å². The number of nitrogen functional groups attached to an aromatic ring is 1. The second-order valence-corrected chi connectivity index (χ2v) is 6.89. The highest BCUT2D eigenvalue weighted by molar-refractivity contribution is 5.91. The van der Waals surface area contributed by atoms with Crippen LogP contribution in [0.5, 0.6) is 17.2 Å². The molecule has 7 nitrogen and oxygen atoms in total. The summed E-state index contributed by atoms with van der Waals surface area (Å²) >= 11 is 0. The maximum atomic E-state index is 13.0. The molecule has 0 aliphatic carbocycles. The largest absolute Gasteiger partial charge is 0.493 e. The SMILES string of the molecule is COc1cc2nc(N3CCC(Oc4ccc(F)cc4)CC3)nc(N)c2cc1OC. The summed E-state index contributed by atoms with van der Waals surface area (Å²) in [6.07, 6.45) is 1.69. The topological polar surface area (TPSA) is 82.7 Å². The third kappa shape index (κ3) is 3.96. The monoisotopic (exact) mass is 398 g/mol. The zero-order chi connectivity index (χ0) is 20.4. The fourth-order valence-electron chi connectivity index (χ4n) is 3.49. The summed E-state index contributed by atoms with van der Waals surface area (Å²) < 4.78 is 29.7. The summed E-state index contributed by atoms with van der Waals surface area (Å²) in [5, 5.41) is 0.723. The summed E-state index contributed by atoms with van der Waals surface area (Å²) in [5.74, 6) is 2.57. The van der Waals surface area contributed by atoms with Crippen molar-refractivity contribution in [3.8, 4) is 17.2 Å². The molecule has 3 aromatic rings. The van der Waals surface area contributed by atoms with Crippen LogP contribution in [0, 0.1) is 5.82 Å². The third-order valence-corrected chi connectivity index (χ3v) is 5.06. The first-order valence-electron chi connectivity index (χ1n) is 9.44. The molecule has 2 N–H and O–H groups in total. The van der Waals surface area contributed by atoms with E-state index in [0.717, 1.165) is 31.3 Å². The predicted molar refractivity (Wildman–Crippen MR) is 109 cm³/mol. The Kier molecular flexibility index (Phi) is 5.24. The lowest BCUT2D eigenvalue weighted by molar-refractivity contribution is 0.170. The second kappa shape index (κ2) is 7.98. The van der Waals surface area contributed by atoms with Crippen molar-refractivity contribution >= 4 is 22.7 Å². The van der Waals surface area contributed by atoms with Crippen molar-refractivity contribution in [3.05, 3.63) is 42.2 Å². The molecular weight excluding hydrogens is 375 g/mol. The molecule has 2 heterocycles. The molecule has 0 amide bonds. The van der Waals surface area contributed by atoms with E-state index in [9.17, 15) is 4.39 Å². The number of halogens is 1. The Hall–Kier alpha value is -3.29. The molecule has 1 saturated heterocycles. The van der Waals surface area contributed by atoms with Gasteiger partial charge in [0.05, 0.1) is 19.7 Å². The lowest BCUT2D eigenvalue weighted by Crippen LogP contribution is -2.39. The first kappa shape index (κ1) is 19.0. The summed E-state index contributed by atoms with van der Waals surface area (Å²) in [5.41, 5.74) is 6.89. The van der Waals surface area contributed by atoms with Gasteiger partial charge in [-0.2, -0.15) is 4.98 Å². The van der Waals surface area contributed by atoms with Crippen molar-refractivity contribution in [2.24, 2.45) is 0 Å². The first-order valence-corrected chi connectivity index (χ1v) is 9.44. The predicted octanol–water partition coefficient (Wildman–Crippen LogP) is 3.42. The molecule has 1 aromatic heterocycles. The van der Waals surface area contributed by atoms with Crippen LogP contribution in [-0.2, 0) is 0 Å². The summed E-state index contributed by atoms with van der Waals surface area (Å²) in [6, 6.07) is 9.70. The molecule has 2 aromatic carbocycles. The minimum atomic E-state index is -0.271. The van der Waals surface area contributed by atoms with E-state index in [1.165, 1.54) is 12.1 Å². The Bertz CT molecular complexity index is 1000. The molecule has 0 saturated carbocycles. The molecule has 0 atom stereocenters. The average molecular weight is 398 g/mol. The van der Waals surface area contributed by atoms with E-state index in [0.29, 0.717) is 34.5 Å². The van der Waals surface area contributed by atoms with Gasteiger partial charge in [-0.25, -0.2) is 9.37 Å². The van der Waals surface area contributed by atoms with Crippen LogP contribution in [0.1, 0.15) is 12.8 Å². The van der Waals surface area contributed by atoms with E-state index < -0.39 is 0 Å². The number of fused-ring (bicyclic) bond motifs is 1. The number of aromatic nitrogens is 2. The minimum Gasteiger partial charge on any atom is -0.493 e. The Labute approximate surface area is 168 Å². The van der Waals surface area contributed by atoms with Gasteiger partial charge in [-0.15, -0.1) is 0 Å². The number of nitrogens with zero attached hydrogens (tertiary/aromatic N) is 3. The minimum absolute atomic E-state index is 0.0684. The average Bonchev–Trinajstić information content (AvgIpc) is 2.75. The van der Waals surface area contributed by atoms with Gasteiger partial charge in [-0.05, 0) is 30.3 Å². The van der Waals surface area contributed by atoms with Gasteiger partial charge in [0.2, 0.25) is 5.95 Å². The van der Waals surface area contributed by atoms with Crippen LogP contribution in [0.4, 0.5) is 16.2 Å². The number of anilines is 2. The summed E-state index contributed by atoms with van der Waals surface area (Å²) in [4.78, 5) is 11.3. The van der Waals surface area contributed by atoms with Crippen molar-refractivity contribution in [2.45, 2.75) is 18.9 Å². The molecule has 29 heavy (non-hydrogen) atoms. The quantitative estimate of drug-likeness (QED) is 0.705. The molecule has 0 bridgehead atoms. The van der Waals surface area contributed by atoms with Gasteiger partial charge in [0.1, 0.15) is 23.5 Å². The van der Waals surface area contributed by atoms with Crippen LogP contribution in [0.25, 0.3) is 10.9 Å². The van der Waals surface area contributed by atoms with Crippen molar-refractivity contribution in [1.29, 1.82) is 0 Å². The van der Waals surface area contributed by atoms with Gasteiger partial charge in [-0.1, -0.05) is 0 Å². The zero-order valence-corrected chi connectivity index (χ0v) is 16.4. The lowest BCUT2D eigenvalue weighted by atomic mass is 10.1. The second-order valence-electron chi connectivity index (χ2n) is 6.89. The van der Waals surface area contributed by atoms with E-state index in [1.807, 2.05) is 0 Å². The Morgan fingerprint density at radius 2 is 1.66 bits per heavy atom. The third-order valence-electron chi connectivity index (χ3n) is 5.06. The molecule has 1 aliphatic rings. The smallest absolute Gasteiger partial charge is 0.227 e. The number of ether oxygens (including phenoxy) is 3. The highest BCUT2D eigenvalue weighted by Crippen LogP contribution is 2.34. The van der Waals surface area contributed by atoms with Crippen molar-refractivity contribution in [3.63, 3.8) is 0 Å². The Balaban J connectivity index is 1.49. The Morgan fingerprint density at radius 1 is 1.00 bits per heavy atom. The number of rotatable bonds is 5. The fourth-order valence-corrected chi connectivity index (χ4v) is 3.49. The molecule has 0 spiro atoms. The number of hydrogen-bond donors (Lipinski definition) is 1. The number of benzene rings is 2. The van der Waals surface area contributed by atoms with Crippen LogP contribution < -0.4 is 24.8 Å². The normalized spacial score (nSPS) is 14.8. The molecule has 4 rings (SSSR count). The van der Waals surface area contributed by atoms with Gasteiger partial charge in [-0.3, -0.25) is 0 Å². The van der Waals surface area contributed by atoms with Crippen molar-refractivity contribution < 1.29 is 18.6 Å². The van der Waals surface area contributed by atoms with Gasteiger partial charge in [0.15, 0.2) is 11.5 Å². The molecule has 1 fully saturated rings. The number of hydrogen-bond acceptors (Lipinski definition) is 7. The van der Waals surface area contributed by atoms with E-state index in [1.54, 1.807) is 38.5 Å². The van der Waals surface area contributed by atoms with Crippen molar-refractivity contribution in [1.82, 2.24) is 9.97 Å². The van der Waals surface area contributed by atoms with Gasteiger partial charge >= 0.3 is 0 Å².